The van der Waals surface area contributed by atoms with Crippen LogP contribution in [0.5, 0.6) is 0 Å². The molecule has 0 unspecified atom stereocenters. The molecule has 0 radical (unpaired) electrons. The maximum Gasteiger partial charge on any atom is 0.352 e. The highest BCUT2D eigenvalue weighted by atomic mass is 79.9. The molecule has 0 bridgehead atoms. The van der Waals surface area contributed by atoms with Crippen molar-refractivity contribution in [1.29, 1.82) is 0 Å². The van der Waals surface area contributed by atoms with E-state index in [1.165, 1.54) is 16.8 Å². The molecule has 0 aliphatic rings. The molecule has 0 saturated carbocycles. The molecule has 2 rings (SSSR count). The first-order valence-electron chi connectivity index (χ1n) is 5.61. The minimum Gasteiger partial charge on any atom is -0.477 e. The van der Waals surface area contributed by atoms with Crippen molar-refractivity contribution < 1.29 is 14.7 Å². The maximum absolute atomic E-state index is 12.4. The molecule has 5 heteroatoms. The lowest BCUT2D eigenvalue weighted by Gasteiger charge is -2.05. The van der Waals surface area contributed by atoms with Crippen LogP contribution >= 0.6 is 15.9 Å². The van der Waals surface area contributed by atoms with Crippen LogP contribution in [0, 0.1) is 6.92 Å². The Morgan fingerprint density at radius 1 is 1.32 bits per heavy atom. The number of ketones is 1. The number of aromatic nitrogens is 1. The Morgan fingerprint density at radius 2 is 2.00 bits per heavy atom. The monoisotopic (exact) mass is 321 g/mol. The van der Waals surface area contributed by atoms with Crippen molar-refractivity contribution in [2.75, 3.05) is 0 Å². The van der Waals surface area contributed by atoms with Crippen molar-refractivity contribution in [2.24, 2.45) is 7.05 Å². The fourth-order valence-electron chi connectivity index (χ4n) is 1.91. The van der Waals surface area contributed by atoms with Gasteiger partial charge in [-0.3, -0.25) is 4.79 Å². The molecule has 1 heterocycles. The van der Waals surface area contributed by atoms with Crippen LogP contribution in [0.4, 0.5) is 0 Å². The second-order valence-corrected chi connectivity index (χ2v) is 5.13. The van der Waals surface area contributed by atoms with Crippen molar-refractivity contribution >= 4 is 27.7 Å². The summed E-state index contributed by atoms with van der Waals surface area (Å²) in [5, 5.41) is 8.99. The third-order valence-corrected chi connectivity index (χ3v) is 3.86. The van der Waals surface area contributed by atoms with Crippen molar-refractivity contribution in [2.45, 2.75) is 6.92 Å². The smallest absolute Gasteiger partial charge is 0.352 e. The highest BCUT2D eigenvalue weighted by molar-refractivity contribution is 9.10. The minimum absolute atomic E-state index is 0.0935. The number of carboxylic acids is 1. The van der Waals surface area contributed by atoms with Crippen molar-refractivity contribution in [3.63, 3.8) is 0 Å². The Kier molecular flexibility index (Phi) is 3.57. The van der Waals surface area contributed by atoms with Gasteiger partial charge in [-0.1, -0.05) is 28.1 Å². The second kappa shape index (κ2) is 5.01. The van der Waals surface area contributed by atoms with Gasteiger partial charge in [-0.2, -0.15) is 0 Å². The molecule has 0 amide bonds. The van der Waals surface area contributed by atoms with Crippen LogP contribution in [-0.2, 0) is 7.05 Å². The lowest BCUT2D eigenvalue weighted by atomic mass is 10.0. The van der Waals surface area contributed by atoms with Gasteiger partial charge in [0, 0.05) is 28.8 Å². The molecule has 2 aromatic rings. The second-order valence-electron chi connectivity index (χ2n) is 4.27. The number of halogens is 1. The van der Waals surface area contributed by atoms with Gasteiger partial charge in [-0.05, 0) is 24.6 Å². The predicted octanol–water partition coefficient (Wildman–Crippen LogP) is 3.03. The third-order valence-electron chi connectivity index (χ3n) is 3.00. The van der Waals surface area contributed by atoms with Crippen LogP contribution in [0.3, 0.4) is 0 Å². The van der Waals surface area contributed by atoms with Gasteiger partial charge in [0.2, 0.25) is 0 Å². The Balaban J connectivity index is 2.48. The Labute approximate surface area is 118 Å². The number of aryl methyl sites for hydroxylation is 1. The van der Waals surface area contributed by atoms with Gasteiger partial charge in [0.05, 0.1) is 0 Å². The number of hydrogen-bond acceptors (Lipinski definition) is 2. The first-order chi connectivity index (χ1) is 8.91. The van der Waals surface area contributed by atoms with E-state index in [2.05, 4.69) is 15.9 Å². The lowest BCUT2D eigenvalue weighted by molar-refractivity contribution is 0.0686. The summed E-state index contributed by atoms with van der Waals surface area (Å²) in [7, 11) is 1.61. The largest absolute Gasteiger partial charge is 0.477 e. The van der Waals surface area contributed by atoms with Gasteiger partial charge in [-0.15, -0.1) is 0 Å². The van der Waals surface area contributed by atoms with Crippen LogP contribution in [0.1, 0.15) is 32.0 Å². The van der Waals surface area contributed by atoms with Crippen LogP contribution in [0.15, 0.2) is 34.9 Å². The van der Waals surface area contributed by atoms with E-state index in [0.29, 0.717) is 11.1 Å². The maximum atomic E-state index is 12.4. The van der Waals surface area contributed by atoms with Gasteiger partial charge in [0.15, 0.2) is 5.78 Å². The molecule has 0 atom stereocenters. The number of carboxylic acid groups (broad SMARTS) is 1. The molecule has 0 spiro atoms. The molecular weight excluding hydrogens is 310 g/mol. The van der Waals surface area contributed by atoms with Gasteiger partial charge in [-0.25, -0.2) is 4.79 Å². The summed E-state index contributed by atoms with van der Waals surface area (Å²) in [5.41, 5.74) is 1.88. The summed E-state index contributed by atoms with van der Waals surface area (Å²) in [6, 6.07) is 6.77. The normalized spacial score (nSPS) is 10.5. The Bertz CT molecular complexity index is 673. The van der Waals surface area contributed by atoms with E-state index in [1.54, 1.807) is 19.2 Å². The van der Waals surface area contributed by atoms with Gasteiger partial charge >= 0.3 is 5.97 Å². The van der Waals surface area contributed by atoms with Crippen molar-refractivity contribution in [3.8, 4) is 0 Å². The SMILES string of the molecule is Cc1c(Br)cccc1C(=O)c1cc(C(=O)O)n(C)c1. The molecule has 0 fully saturated rings. The molecule has 1 aromatic heterocycles. The van der Waals surface area contributed by atoms with Gasteiger partial charge in [0.1, 0.15) is 5.69 Å². The quantitative estimate of drug-likeness (QED) is 0.884. The molecule has 98 valence electrons. The summed E-state index contributed by atoms with van der Waals surface area (Å²) < 4.78 is 2.29. The number of nitrogens with zero attached hydrogens (tertiary/aromatic N) is 1. The third kappa shape index (κ3) is 2.46. The highest BCUT2D eigenvalue weighted by Gasteiger charge is 2.18. The number of benzene rings is 1. The Hall–Kier alpha value is -1.88. The molecule has 1 aromatic carbocycles. The summed E-state index contributed by atoms with van der Waals surface area (Å²) in [4.78, 5) is 23.4. The molecule has 1 N–H and O–H groups in total. The molecular formula is C14H12BrNO3. The predicted molar refractivity (Wildman–Crippen MR) is 74.7 cm³/mol. The lowest BCUT2D eigenvalue weighted by Crippen LogP contribution is -2.03. The van der Waals surface area contributed by atoms with E-state index in [-0.39, 0.29) is 11.5 Å². The summed E-state index contributed by atoms with van der Waals surface area (Å²) >= 11 is 3.38. The number of rotatable bonds is 3. The van der Waals surface area contributed by atoms with Crippen LogP contribution in [0.25, 0.3) is 0 Å². The van der Waals surface area contributed by atoms with Gasteiger partial charge in [0.25, 0.3) is 0 Å². The topological polar surface area (TPSA) is 59.3 Å². The number of hydrogen-bond donors (Lipinski definition) is 1. The molecule has 19 heavy (non-hydrogen) atoms. The van der Waals surface area contributed by atoms with Crippen LogP contribution in [0.2, 0.25) is 0 Å². The van der Waals surface area contributed by atoms with Crippen molar-refractivity contribution in [3.05, 3.63) is 57.3 Å². The summed E-state index contributed by atoms with van der Waals surface area (Å²) in [6.07, 6.45) is 1.53. The summed E-state index contributed by atoms with van der Waals surface area (Å²) in [6.45, 7) is 1.85. The average Bonchev–Trinajstić information content (AvgIpc) is 2.74. The van der Waals surface area contributed by atoms with E-state index in [0.717, 1.165) is 10.0 Å². The van der Waals surface area contributed by atoms with Gasteiger partial charge < -0.3 is 9.67 Å². The first-order valence-corrected chi connectivity index (χ1v) is 6.40. The fraction of sp³-hybridized carbons (Fsp3) is 0.143. The van der Waals surface area contributed by atoms with Crippen molar-refractivity contribution in [1.82, 2.24) is 4.57 Å². The van der Waals surface area contributed by atoms with Crippen LogP contribution < -0.4 is 0 Å². The Morgan fingerprint density at radius 3 is 2.58 bits per heavy atom. The zero-order valence-corrected chi connectivity index (χ0v) is 12.1. The van der Waals surface area contributed by atoms with E-state index in [9.17, 15) is 9.59 Å². The molecule has 0 aliphatic heterocycles. The van der Waals surface area contributed by atoms with E-state index in [4.69, 9.17) is 5.11 Å². The summed E-state index contributed by atoms with van der Waals surface area (Å²) in [5.74, 6) is -1.23. The van der Waals surface area contributed by atoms with E-state index in [1.807, 2.05) is 13.0 Å². The molecule has 0 saturated heterocycles. The van der Waals surface area contributed by atoms with E-state index < -0.39 is 5.97 Å². The van der Waals surface area contributed by atoms with Crippen LogP contribution in [-0.4, -0.2) is 21.4 Å². The zero-order chi connectivity index (χ0) is 14.2. The number of aromatic carboxylic acids is 1. The zero-order valence-electron chi connectivity index (χ0n) is 10.5. The number of carbonyl (C=O) groups excluding carboxylic acids is 1. The number of carbonyl (C=O) groups is 2. The first kappa shape index (κ1) is 13.5. The molecule has 0 aliphatic carbocycles. The van der Waals surface area contributed by atoms with E-state index >= 15 is 0 Å². The highest BCUT2D eigenvalue weighted by Crippen LogP contribution is 2.22. The standard InChI is InChI=1S/C14H12BrNO3/c1-8-10(4-3-5-11(8)15)13(17)9-6-12(14(18)19)16(2)7-9/h3-7H,1-2H3,(H,18,19). The minimum atomic E-state index is -1.05. The fourth-order valence-corrected chi connectivity index (χ4v) is 2.28. The average molecular weight is 322 g/mol. The molecule has 4 nitrogen and oxygen atoms in total.